The molecule has 0 aliphatic carbocycles. The largest absolute Gasteiger partial charge is 0.347 e. The Hall–Kier alpha value is -2.70. The van der Waals surface area contributed by atoms with Gasteiger partial charge in [-0.2, -0.15) is 15.4 Å². The van der Waals surface area contributed by atoms with Crippen molar-refractivity contribution in [3.63, 3.8) is 0 Å². The lowest BCUT2D eigenvalue weighted by atomic mass is 10.1. The molecule has 23 heavy (non-hydrogen) atoms. The second-order valence-corrected chi connectivity index (χ2v) is 5.59. The fraction of sp³-hybridized carbons (Fsp3) is 0.375. The minimum atomic E-state index is -0.285. The summed E-state index contributed by atoms with van der Waals surface area (Å²) >= 11 is 0. The standard InChI is InChI=1S/C16H19N5O2/c22-15(14-11-18-20-19-14)17-10-12-4-6-13(7-5-12)16(23)21-8-2-1-3-9-21/h4-7,11H,1-3,8-10H2,(H,17,22)(H,18,19,20). The Morgan fingerprint density at radius 2 is 1.87 bits per heavy atom. The van der Waals surface area contributed by atoms with Gasteiger partial charge in [0.1, 0.15) is 0 Å². The number of nitrogens with one attached hydrogen (secondary N) is 2. The van der Waals surface area contributed by atoms with Crippen LogP contribution in [-0.4, -0.2) is 45.2 Å². The molecule has 7 heteroatoms. The highest BCUT2D eigenvalue weighted by Gasteiger charge is 2.17. The summed E-state index contributed by atoms with van der Waals surface area (Å²) in [4.78, 5) is 26.0. The van der Waals surface area contributed by atoms with Gasteiger partial charge in [-0.1, -0.05) is 12.1 Å². The number of hydrogen-bond donors (Lipinski definition) is 2. The third-order valence-electron chi connectivity index (χ3n) is 3.94. The first-order valence-corrected chi connectivity index (χ1v) is 7.76. The zero-order chi connectivity index (χ0) is 16.1. The number of piperidine rings is 1. The number of likely N-dealkylation sites (tertiary alicyclic amines) is 1. The van der Waals surface area contributed by atoms with Gasteiger partial charge in [0.05, 0.1) is 6.20 Å². The second kappa shape index (κ2) is 7.04. The molecule has 1 aromatic carbocycles. The summed E-state index contributed by atoms with van der Waals surface area (Å²) in [6.07, 6.45) is 4.74. The van der Waals surface area contributed by atoms with Crippen LogP contribution in [0.1, 0.15) is 45.7 Å². The van der Waals surface area contributed by atoms with Crippen molar-refractivity contribution in [2.24, 2.45) is 0 Å². The van der Waals surface area contributed by atoms with E-state index < -0.39 is 0 Å². The molecular formula is C16H19N5O2. The maximum atomic E-state index is 12.4. The summed E-state index contributed by atoms with van der Waals surface area (Å²) in [5, 5.41) is 12.5. The van der Waals surface area contributed by atoms with E-state index in [1.807, 2.05) is 29.2 Å². The Morgan fingerprint density at radius 1 is 1.13 bits per heavy atom. The van der Waals surface area contributed by atoms with Gasteiger partial charge in [0.2, 0.25) is 0 Å². The van der Waals surface area contributed by atoms with Crippen molar-refractivity contribution in [1.29, 1.82) is 0 Å². The Labute approximate surface area is 134 Å². The van der Waals surface area contributed by atoms with Crippen LogP contribution in [0.3, 0.4) is 0 Å². The highest BCUT2D eigenvalue weighted by Crippen LogP contribution is 2.14. The van der Waals surface area contributed by atoms with Crippen LogP contribution < -0.4 is 5.32 Å². The molecule has 7 nitrogen and oxygen atoms in total. The van der Waals surface area contributed by atoms with Crippen LogP contribution in [0.2, 0.25) is 0 Å². The van der Waals surface area contributed by atoms with E-state index in [1.54, 1.807) is 0 Å². The summed E-state index contributed by atoms with van der Waals surface area (Å²) in [6.45, 7) is 2.06. The molecular weight excluding hydrogens is 294 g/mol. The van der Waals surface area contributed by atoms with Gasteiger partial charge in [-0.25, -0.2) is 0 Å². The van der Waals surface area contributed by atoms with Crippen molar-refractivity contribution >= 4 is 11.8 Å². The zero-order valence-electron chi connectivity index (χ0n) is 12.8. The lowest BCUT2D eigenvalue weighted by Crippen LogP contribution is -2.35. The van der Waals surface area contributed by atoms with Crippen molar-refractivity contribution in [3.05, 3.63) is 47.3 Å². The molecule has 0 saturated carbocycles. The summed E-state index contributed by atoms with van der Waals surface area (Å²) in [5.41, 5.74) is 1.87. The molecule has 2 aromatic rings. The smallest absolute Gasteiger partial charge is 0.273 e. The first-order valence-electron chi connectivity index (χ1n) is 7.76. The molecule has 0 unspecified atom stereocenters. The molecule has 3 rings (SSSR count). The van der Waals surface area contributed by atoms with Crippen LogP contribution in [0.25, 0.3) is 0 Å². The summed E-state index contributed by atoms with van der Waals surface area (Å²) in [6, 6.07) is 7.35. The second-order valence-electron chi connectivity index (χ2n) is 5.59. The van der Waals surface area contributed by atoms with Gasteiger partial charge in [-0.3, -0.25) is 9.59 Å². The van der Waals surface area contributed by atoms with Crippen LogP contribution in [0, 0.1) is 0 Å². The maximum absolute atomic E-state index is 12.4. The molecule has 2 N–H and O–H groups in total. The minimum Gasteiger partial charge on any atom is -0.347 e. The van der Waals surface area contributed by atoms with Gasteiger partial charge in [-0.15, -0.1) is 0 Å². The van der Waals surface area contributed by atoms with Crippen LogP contribution in [0.5, 0.6) is 0 Å². The summed E-state index contributed by atoms with van der Waals surface area (Å²) in [7, 11) is 0. The lowest BCUT2D eigenvalue weighted by molar-refractivity contribution is 0.0724. The van der Waals surface area contributed by atoms with Crippen molar-refractivity contribution in [1.82, 2.24) is 25.6 Å². The van der Waals surface area contributed by atoms with E-state index >= 15 is 0 Å². The molecule has 1 aliphatic rings. The fourth-order valence-corrected chi connectivity index (χ4v) is 2.63. The average Bonchev–Trinajstić information content (AvgIpc) is 3.15. The monoisotopic (exact) mass is 313 g/mol. The number of aromatic amines is 1. The fourth-order valence-electron chi connectivity index (χ4n) is 2.63. The number of nitrogens with zero attached hydrogens (tertiary/aromatic N) is 3. The van der Waals surface area contributed by atoms with Gasteiger partial charge in [0.25, 0.3) is 11.8 Å². The molecule has 0 bridgehead atoms. The Kier molecular flexibility index (Phi) is 4.65. The van der Waals surface area contributed by atoms with Crippen molar-refractivity contribution in [3.8, 4) is 0 Å². The van der Waals surface area contributed by atoms with E-state index in [4.69, 9.17) is 0 Å². The number of carbonyl (C=O) groups is 2. The zero-order valence-corrected chi connectivity index (χ0v) is 12.8. The van der Waals surface area contributed by atoms with E-state index in [1.165, 1.54) is 12.6 Å². The van der Waals surface area contributed by atoms with Crippen LogP contribution >= 0.6 is 0 Å². The number of H-pyrrole nitrogens is 1. The maximum Gasteiger partial charge on any atom is 0.273 e. The van der Waals surface area contributed by atoms with E-state index in [0.717, 1.165) is 31.5 Å². The van der Waals surface area contributed by atoms with Gasteiger partial charge in [0, 0.05) is 25.2 Å². The molecule has 1 saturated heterocycles. The normalized spacial score (nSPS) is 14.5. The van der Waals surface area contributed by atoms with Gasteiger partial charge < -0.3 is 10.2 Å². The average molecular weight is 313 g/mol. The van der Waals surface area contributed by atoms with Gasteiger partial charge >= 0.3 is 0 Å². The summed E-state index contributed by atoms with van der Waals surface area (Å²) in [5.74, 6) is -0.199. The quantitative estimate of drug-likeness (QED) is 0.891. The highest BCUT2D eigenvalue weighted by atomic mass is 16.2. The molecule has 1 aromatic heterocycles. The Balaban J connectivity index is 1.56. The van der Waals surface area contributed by atoms with Crippen molar-refractivity contribution < 1.29 is 9.59 Å². The minimum absolute atomic E-state index is 0.0860. The Bertz CT molecular complexity index is 660. The number of rotatable bonds is 4. The van der Waals surface area contributed by atoms with Gasteiger partial charge in [-0.05, 0) is 37.0 Å². The lowest BCUT2D eigenvalue weighted by Gasteiger charge is -2.26. The molecule has 0 spiro atoms. The molecule has 2 heterocycles. The third-order valence-corrected chi connectivity index (χ3v) is 3.94. The van der Waals surface area contributed by atoms with E-state index in [0.29, 0.717) is 12.1 Å². The first-order chi connectivity index (χ1) is 11.2. The number of benzene rings is 1. The van der Waals surface area contributed by atoms with E-state index in [-0.39, 0.29) is 17.5 Å². The van der Waals surface area contributed by atoms with Crippen LogP contribution in [0.4, 0.5) is 0 Å². The van der Waals surface area contributed by atoms with Crippen molar-refractivity contribution in [2.45, 2.75) is 25.8 Å². The first kappa shape index (κ1) is 15.2. The molecule has 120 valence electrons. The number of hydrogen-bond acceptors (Lipinski definition) is 4. The highest BCUT2D eigenvalue weighted by molar-refractivity contribution is 5.94. The summed E-state index contributed by atoms with van der Waals surface area (Å²) < 4.78 is 0. The number of carbonyl (C=O) groups excluding carboxylic acids is 2. The van der Waals surface area contributed by atoms with Gasteiger partial charge in [0.15, 0.2) is 5.69 Å². The Morgan fingerprint density at radius 3 is 2.52 bits per heavy atom. The van der Waals surface area contributed by atoms with Crippen LogP contribution in [-0.2, 0) is 6.54 Å². The molecule has 1 fully saturated rings. The van der Waals surface area contributed by atoms with Crippen molar-refractivity contribution in [2.75, 3.05) is 13.1 Å². The predicted molar refractivity (Wildman–Crippen MR) is 83.7 cm³/mol. The molecule has 1 aliphatic heterocycles. The SMILES string of the molecule is O=C(NCc1ccc(C(=O)N2CCCCC2)cc1)c1cn[nH]n1. The molecule has 0 atom stereocenters. The molecule has 2 amide bonds. The van der Waals surface area contributed by atoms with Crippen LogP contribution in [0.15, 0.2) is 30.5 Å². The third kappa shape index (κ3) is 3.74. The predicted octanol–water partition coefficient (Wildman–Crippen LogP) is 1.36. The number of amides is 2. The topological polar surface area (TPSA) is 91.0 Å². The molecule has 0 radical (unpaired) electrons. The van der Waals surface area contributed by atoms with E-state index in [2.05, 4.69) is 20.7 Å². The van der Waals surface area contributed by atoms with E-state index in [9.17, 15) is 9.59 Å². The number of aromatic nitrogens is 3.